The fourth-order valence-corrected chi connectivity index (χ4v) is 3.78. The van der Waals surface area contributed by atoms with E-state index >= 15 is 0 Å². The van der Waals surface area contributed by atoms with Crippen molar-refractivity contribution < 1.29 is 24.5 Å². The minimum Gasteiger partial charge on any atom is -0.505 e. The maximum Gasteiger partial charge on any atom is 0.268 e. The van der Waals surface area contributed by atoms with E-state index in [2.05, 4.69) is 10.3 Å². The molecule has 1 atom stereocenters. The van der Waals surface area contributed by atoms with Crippen LogP contribution >= 0.6 is 0 Å². The molecule has 0 bridgehead atoms. The standard InChI is InChI=1S/C23H23N3O6.C2H6.CH4/c1-12-3-5-14(6-4-12)9-15-10-25-18-19-21(15)32-16(13(2)28)11-26(19)23(31)17(20(18)29)22(30)24-7-8-27;1-2;/h3-6,10,16,27,29H,7-9,11H2,1-2H3,(H,24,30);1-2H3;1H4. The molecule has 3 N–H and O–H groups in total. The van der Waals surface area contributed by atoms with Gasteiger partial charge < -0.3 is 20.3 Å². The summed E-state index contributed by atoms with van der Waals surface area (Å²) < 4.78 is 7.24. The Morgan fingerprint density at radius 3 is 2.49 bits per heavy atom. The predicted octanol–water partition coefficient (Wildman–Crippen LogP) is 2.74. The summed E-state index contributed by atoms with van der Waals surface area (Å²) in [4.78, 5) is 42.2. The zero-order valence-corrected chi connectivity index (χ0v) is 19.7. The first kappa shape index (κ1) is 27.5. The lowest BCUT2D eigenvalue weighted by atomic mass is 10.0. The number of nitrogens with zero attached hydrogens (tertiary/aromatic N) is 2. The van der Waals surface area contributed by atoms with Crippen molar-refractivity contribution in [1.29, 1.82) is 0 Å². The second-order valence-corrected chi connectivity index (χ2v) is 7.81. The monoisotopic (exact) mass is 483 g/mol. The summed E-state index contributed by atoms with van der Waals surface area (Å²) in [5.41, 5.74) is 1.79. The number of aromatic hydroxyl groups is 1. The molecule has 1 amide bonds. The van der Waals surface area contributed by atoms with E-state index in [0.29, 0.717) is 12.0 Å². The van der Waals surface area contributed by atoms with Crippen LogP contribution in [0, 0.1) is 6.92 Å². The van der Waals surface area contributed by atoms with Crippen molar-refractivity contribution in [2.24, 2.45) is 0 Å². The van der Waals surface area contributed by atoms with Crippen LogP contribution in [0.25, 0.3) is 11.0 Å². The Balaban J connectivity index is 0.00000140. The average Bonchev–Trinajstić information content (AvgIpc) is 2.84. The van der Waals surface area contributed by atoms with Gasteiger partial charge in [0.2, 0.25) is 0 Å². The van der Waals surface area contributed by atoms with Crippen LogP contribution in [0.5, 0.6) is 11.5 Å². The second kappa shape index (κ2) is 11.6. The summed E-state index contributed by atoms with van der Waals surface area (Å²) in [6, 6.07) is 7.90. The van der Waals surface area contributed by atoms with Crippen LogP contribution in [0.2, 0.25) is 0 Å². The fourth-order valence-electron chi connectivity index (χ4n) is 3.78. The molecule has 0 saturated heterocycles. The topological polar surface area (TPSA) is 131 Å². The molecule has 35 heavy (non-hydrogen) atoms. The number of nitrogens with one attached hydrogen (secondary N) is 1. The van der Waals surface area contributed by atoms with Crippen LogP contribution in [-0.4, -0.2) is 50.7 Å². The Bertz CT molecular complexity index is 1280. The number of Topliss-reactive ketones (excluding diaryl/α,β-unsaturated/α-hetero) is 1. The smallest absolute Gasteiger partial charge is 0.268 e. The van der Waals surface area contributed by atoms with Crippen molar-refractivity contribution in [3.05, 3.63) is 63.1 Å². The van der Waals surface area contributed by atoms with Crippen molar-refractivity contribution in [2.45, 2.75) is 54.2 Å². The zero-order valence-electron chi connectivity index (χ0n) is 19.7. The molecular weight excluding hydrogens is 450 g/mol. The normalized spacial score (nSPS) is 13.7. The van der Waals surface area contributed by atoms with Gasteiger partial charge in [0.1, 0.15) is 16.6 Å². The number of ether oxygens (including phenoxy) is 1. The Labute approximate surface area is 204 Å². The number of carbonyl (C=O) groups is 2. The third kappa shape index (κ3) is 5.35. The maximum atomic E-state index is 13.2. The number of pyridine rings is 2. The van der Waals surface area contributed by atoms with E-state index in [1.165, 1.54) is 17.7 Å². The number of hydrogen-bond donors (Lipinski definition) is 3. The molecule has 1 aliphatic heterocycles. The van der Waals surface area contributed by atoms with E-state index in [0.717, 1.165) is 11.1 Å². The molecule has 2 aromatic heterocycles. The average molecular weight is 484 g/mol. The van der Waals surface area contributed by atoms with E-state index in [-0.39, 0.29) is 49.7 Å². The molecule has 0 fully saturated rings. The number of aryl methyl sites for hydroxylation is 1. The van der Waals surface area contributed by atoms with Gasteiger partial charge >= 0.3 is 0 Å². The highest BCUT2D eigenvalue weighted by molar-refractivity contribution is 6.02. The van der Waals surface area contributed by atoms with Gasteiger partial charge in [0.05, 0.1) is 13.2 Å². The number of hydrogen-bond acceptors (Lipinski definition) is 7. The van der Waals surface area contributed by atoms with Crippen LogP contribution in [-0.2, 0) is 17.8 Å². The number of aliphatic hydroxyl groups is 1. The number of carbonyl (C=O) groups excluding carboxylic acids is 2. The largest absolute Gasteiger partial charge is 0.505 e. The third-order valence-corrected chi connectivity index (χ3v) is 5.47. The number of aliphatic hydroxyl groups excluding tert-OH is 1. The van der Waals surface area contributed by atoms with Crippen LogP contribution in [0.1, 0.15) is 55.2 Å². The van der Waals surface area contributed by atoms with Crippen molar-refractivity contribution in [3.8, 4) is 11.5 Å². The lowest BCUT2D eigenvalue weighted by molar-refractivity contribution is -0.124. The van der Waals surface area contributed by atoms with Crippen molar-refractivity contribution in [1.82, 2.24) is 14.9 Å². The van der Waals surface area contributed by atoms with Gasteiger partial charge in [-0.1, -0.05) is 51.1 Å². The molecule has 9 heteroatoms. The van der Waals surface area contributed by atoms with Gasteiger partial charge in [-0.15, -0.1) is 0 Å². The minimum atomic E-state index is -0.916. The molecule has 0 radical (unpaired) electrons. The van der Waals surface area contributed by atoms with E-state index in [9.17, 15) is 19.5 Å². The minimum absolute atomic E-state index is 0. The molecule has 0 spiro atoms. The first-order valence-electron chi connectivity index (χ1n) is 11.2. The molecule has 1 unspecified atom stereocenters. The van der Waals surface area contributed by atoms with E-state index in [1.807, 2.05) is 45.0 Å². The summed E-state index contributed by atoms with van der Waals surface area (Å²) in [6.45, 7) is 6.85. The van der Waals surface area contributed by atoms with Gasteiger partial charge in [0.25, 0.3) is 11.5 Å². The molecule has 0 saturated carbocycles. The Morgan fingerprint density at radius 1 is 1.23 bits per heavy atom. The Morgan fingerprint density at radius 2 is 1.89 bits per heavy atom. The zero-order chi connectivity index (χ0) is 25.0. The lowest BCUT2D eigenvalue weighted by Gasteiger charge is -2.28. The van der Waals surface area contributed by atoms with Crippen molar-refractivity contribution in [3.63, 3.8) is 0 Å². The fraction of sp³-hybridized carbons (Fsp3) is 0.385. The quantitative estimate of drug-likeness (QED) is 0.491. The predicted molar refractivity (Wildman–Crippen MR) is 134 cm³/mol. The van der Waals surface area contributed by atoms with E-state index in [4.69, 9.17) is 9.84 Å². The van der Waals surface area contributed by atoms with Gasteiger partial charge in [-0.25, -0.2) is 0 Å². The van der Waals surface area contributed by atoms with Crippen LogP contribution in [0.3, 0.4) is 0 Å². The summed E-state index contributed by atoms with van der Waals surface area (Å²) in [6.07, 6.45) is 1.04. The Hall–Kier alpha value is -3.72. The molecule has 188 valence electrons. The molecule has 3 heterocycles. The van der Waals surface area contributed by atoms with Gasteiger partial charge in [0, 0.05) is 24.7 Å². The molecular formula is C26H33N3O6. The van der Waals surface area contributed by atoms with Gasteiger partial charge in [-0.05, 0) is 19.4 Å². The van der Waals surface area contributed by atoms with Gasteiger partial charge in [-0.2, -0.15) is 0 Å². The highest BCUT2D eigenvalue weighted by Gasteiger charge is 2.33. The molecule has 1 aromatic carbocycles. The summed E-state index contributed by atoms with van der Waals surface area (Å²) in [5.74, 6) is -1.38. The molecule has 1 aliphatic rings. The van der Waals surface area contributed by atoms with Gasteiger partial charge in [0.15, 0.2) is 23.4 Å². The number of ketones is 1. The third-order valence-electron chi connectivity index (χ3n) is 5.47. The second-order valence-electron chi connectivity index (χ2n) is 7.81. The van der Waals surface area contributed by atoms with Crippen molar-refractivity contribution in [2.75, 3.05) is 13.2 Å². The Kier molecular flexibility index (Phi) is 9.13. The number of amides is 1. The molecule has 9 nitrogen and oxygen atoms in total. The number of aromatic nitrogens is 2. The summed E-state index contributed by atoms with van der Waals surface area (Å²) >= 11 is 0. The van der Waals surface area contributed by atoms with Crippen LogP contribution < -0.4 is 15.6 Å². The first-order valence-corrected chi connectivity index (χ1v) is 11.2. The number of rotatable bonds is 6. The molecule has 0 aliphatic carbocycles. The van der Waals surface area contributed by atoms with Gasteiger partial charge in [-0.3, -0.25) is 23.9 Å². The van der Waals surface area contributed by atoms with E-state index in [1.54, 1.807) is 0 Å². The lowest BCUT2D eigenvalue weighted by Crippen LogP contribution is -2.41. The highest BCUT2D eigenvalue weighted by Crippen LogP contribution is 2.37. The van der Waals surface area contributed by atoms with E-state index < -0.39 is 28.9 Å². The summed E-state index contributed by atoms with van der Waals surface area (Å²) in [7, 11) is 0. The van der Waals surface area contributed by atoms with Crippen LogP contribution in [0.15, 0.2) is 35.3 Å². The summed E-state index contributed by atoms with van der Waals surface area (Å²) in [5, 5.41) is 22.1. The highest BCUT2D eigenvalue weighted by atomic mass is 16.5. The van der Waals surface area contributed by atoms with Crippen molar-refractivity contribution >= 4 is 22.7 Å². The molecule has 3 aromatic rings. The number of benzene rings is 1. The SMILES string of the molecule is C.CC.CC(=O)C1Cn2c(=O)c(C(=O)NCCO)c(O)c3ncc(Cc4ccc(C)cc4)c(c32)O1. The first-order chi connectivity index (χ1) is 16.3. The van der Waals surface area contributed by atoms with Crippen LogP contribution in [0.4, 0.5) is 0 Å². The molecule has 4 rings (SSSR count). The maximum absolute atomic E-state index is 13.2.